The Kier molecular flexibility index (Phi) is 2.23. The first-order valence-electron chi connectivity index (χ1n) is 4.59. The van der Waals surface area contributed by atoms with Crippen LogP contribution in [0.1, 0.15) is 18.5 Å². The third-order valence-corrected chi connectivity index (χ3v) is 2.38. The second-order valence-corrected chi connectivity index (χ2v) is 3.26. The van der Waals surface area contributed by atoms with Gasteiger partial charge in [-0.2, -0.15) is 0 Å². The highest BCUT2D eigenvalue weighted by Gasteiger charge is 2.07. The molecular weight excluding hydrogens is 176 g/mol. The van der Waals surface area contributed by atoms with Crippen LogP contribution in [0.15, 0.2) is 47.5 Å². The fourth-order valence-electron chi connectivity index (χ4n) is 1.53. The van der Waals surface area contributed by atoms with E-state index in [0.717, 1.165) is 5.56 Å². The van der Waals surface area contributed by atoms with Crippen LogP contribution >= 0.6 is 0 Å². The van der Waals surface area contributed by atoms with Gasteiger partial charge in [0.15, 0.2) is 0 Å². The molecule has 1 heterocycles. The van der Waals surface area contributed by atoms with Crippen LogP contribution in [0.25, 0.3) is 0 Å². The van der Waals surface area contributed by atoms with Crippen molar-refractivity contribution in [1.82, 2.24) is 9.55 Å². The van der Waals surface area contributed by atoms with Crippen LogP contribution in [0.4, 0.5) is 0 Å². The molecule has 1 aromatic carbocycles. The Balaban J connectivity index is 2.39. The van der Waals surface area contributed by atoms with Gasteiger partial charge in [-0.15, -0.1) is 0 Å². The van der Waals surface area contributed by atoms with E-state index in [1.807, 2.05) is 37.3 Å². The van der Waals surface area contributed by atoms with E-state index in [2.05, 4.69) is 4.98 Å². The predicted molar refractivity (Wildman–Crippen MR) is 55.3 cm³/mol. The molecule has 0 saturated carbocycles. The number of H-pyrrole nitrogens is 1. The number of benzene rings is 1. The summed E-state index contributed by atoms with van der Waals surface area (Å²) < 4.78 is 1.68. The summed E-state index contributed by atoms with van der Waals surface area (Å²) in [4.78, 5) is 14.0. The fraction of sp³-hybridized carbons (Fsp3) is 0.182. The van der Waals surface area contributed by atoms with Crippen molar-refractivity contribution in [3.8, 4) is 0 Å². The first kappa shape index (κ1) is 8.81. The molecule has 1 atom stereocenters. The van der Waals surface area contributed by atoms with Crippen LogP contribution in [0, 0.1) is 0 Å². The van der Waals surface area contributed by atoms with E-state index in [1.165, 1.54) is 0 Å². The number of nitrogens with zero attached hydrogens (tertiary/aromatic N) is 1. The van der Waals surface area contributed by atoms with Crippen LogP contribution in [0.3, 0.4) is 0 Å². The Labute approximate surface area is 82.0 Å². The summed E-state index contributed by atoms with van der Waals surface area (Å²) in [5.74, 6) is 0. The molecule has 0 radical (unpaired) electrons. The zero-order valence-electron chi connectivity index (χ0n) is 7.97. The van der Waals surface area contributed by atoms with Crippen molar-refractivity contribution in [1.29, 1.82) is 0 Å². The van der Waals surface area contributed by atoms with Crippen molar-refractivity contribution in [2.75, 3.05) is 0 Å². The molecule has 1 aromatic heterocycles. The summed E-state index contributed by atoms with van der Waals surface area (Å²) in [7, 11) is 0. The van der Waals surface area contributed by atoms with Crippen molar-refractivity contribution in [3.63, 3.8) is 0 Å². The second-order valence-electron chi connectivity index (χ2n) is 3.26. The average Bonchev–Trinajstić information content (AvgIpc) is 2.65. The van der Waals surface area contributed by atoms with E-state index in [9.17, 15) is 4.79 Å². The largest absolute Gasteiger partial charge is 0.326 e. The number of nitrogens with one attached hydrogen (secondary N) is 1. The Morgan fingerprint density at radius 3 is 2.57 bits per heavy atom. The molecule has 0 fully saturated rings. The maximum absolute atomic E-state index is 11.3. The maximum Gasteiger partial charge on any atom is 0.326 e. The number of rotatable bonds is 2. The van der Waals surface area contributed by atoms with Gasteiger partial charge >= 0.3 is 5.69 Å². The number of aromatic amines is 1. The standard InChI is InChI=1S/C11H12N2O/c1-9(10-5-3-2-4-6-10)13-8-7-12-11(13)14/h2-9H,1H3,(H,12,14). The molecule has 72 valence electrons. The number of hydrogen-bond donors (Lipinski definition) is 1. The van der Waals surface area contributed by atoms with Gasteiger partial charge in [0.1, 0.15) is 0 Å². The van der Waals surface area contributed by atoms with Crippen molar-refractivity contribution < 1.29 is 0 Å². The van der Waals surface area contributed by atoms with Gasteiger partial charge in [0, 0.05) is 12.4 Å². The molecule has 0 bridgehead atoms. The molecular formula is C11H12N2O. The van der Waals surface area contributed by atoms with Crippen LogP contribution < -0.4 is 5.69 Å². The summed E-state index contributed by atoms with van der Waals surface area (Å²) in [5, 5.41) is 0. The van der Waals surface area contributed by atoms with Crippen LogP contribution in [-0.2, 0) is 0 Å². The summed E-state index contributed by atoms with van der Waals surface area (Å²) in [6.07, 6.45) is 3.42. The molecule has 0 amide bonds. The molecule has 2 rings (SSSR count). The minimum atomic E-state index is -0.0682. The van der Waals surface area contributed by atoms with Crippen molar-refractivity contribution in [3.05, 3.63) is 58.8 Å². The van der Waals surface area contributed by atoms with E-state index in [0.29, 0.717) is 0 Å². The van der Waals surface area contributed by atoms with Gasteiger partial charge < -0.3 is 4.98 Å². The minimum Gasteiger partial charge on any atom is -0.313 e. The van der Waals surface area contributed by atoms with Gasteiger partial charge in [-0.1, -0.05) is 30.3 Å². The van der Waals surface area contributed by atoms with E-state index in [-0.39, 0.29) is 11.7 Å². The normalized spacial score (nSPS) is 12.6. The van der Waals surface area contributed by atoms with Gasteiger partial charge in [-0.25, -0.2) is 4.79 Å². The number of aromatic nitrogens is 2. The zero-order valence-corrected chi connectivity index (χ0v) is 7.97. The summed E-state index contributed by atoms with van der Waals surface area (Å²) in [6, 6.07) is 10.0. The molecule has 0 aliphatic carbocycles. The average molecular weight is 188 g/mol. The lowest BCUT2D eigenvalue weighted by atomic mass is 10.1. The molecule has 0 spiro atoms. The zero-order chi connectivity index (χ0) is 9.97. The SMILES string of the molecule is CC(c1ccccc1)n1cc[nH]c1=O. The first-order valence-corrected chi connectivity index (χ1v) is 4.59. The lowest BCUT2D eigenvalue weighted by molar-refractivity contribution is 0.617. The molecule has 3 nitrogen and oxygen atoms in total. The highest BCUT2D eigenvalue weighted by molar-refractivity contribution is 5.19. The number of imidazole rings is 1. The van der Waals surface area contributed by atoms with Crippen molar-refractivity contribution in [2.24, 2.45) is 0 Å². The summed E-state index contributed by atoms with van der Waals surface area (Å²) >= 11 is 0. The molecule has 14 heavy (non-hydrogen) atoms. The Morgan fingerprint density at radius 1 is 1.29 bits per heavy atom. The Hall–Kier alpha value is -1.77. The second kappa shape index (κ2) is 3.54. The van der Waals surface area contributed by atoms with Crippen molar-refractivity contribution >= 4 is 0 Å². The van der Waals surface area contributed by atoms with E-state index < -0.39 is 0 Å². The van der Waals surface area contributed by atoms with Crippen LogP contribution in [0.2, 0.25) is 0 Å². The van der Waals surface area contributed by atoms with Gasteiger partial charge in [0.25, 0.3) is 0 Å². The molecule has 0 saturated heterocycles. The quantitative estimate of drug-likeness (QED) is 0.766. The number of hydrogen-bond acceptors (Lipinski definition) is 1. The van der Waals surface area contributed by atoms with Gasteiger partial charge in [0.2, 0.25) is 0 Å². The molecule has 2 aromatic rings. The molecule has 0 aliphatic heterocycles. The predicted octanol–water partition coefficient (Wildman–Crippen LogP) is 1.79. The van der Waals surface area contributed by atoms with E-state index >= 15 is 0 Å². The molecule has 0 aliphatic rings. The molecule has 1 unspecified atom stereocenters. The Morgan fingerprint density at radius 2 is 2.00 bits per heavy atom. The van der Waals surface area contributed by atoms with Gasteiger partial charge in [0.05, 0.1) is 6.04 Å². The van der Waals surface area contributed by atoms with Gasteiger partial charge in [-0.05, 0) is 12.5 Å². The minimum absolute atomic E-state index is 0.0682. The topological polar surface area (TPSA) is 37.8 Å². The van der Waals surface area contributed by atoms with Crippen LogP contribution in [0.5, 0.6) is 0 Å². The van der Waals surface area contributed by atoms with Crippen LogP contribution in [-0.4, -0.2) is 9.55 Å². The highest BCUT2D eigenvalue weighted by Crippen LogP contribution is 2.14. The lowest BCUT2D eigenvalue weighted by Crippen LogP contribution is -2.20. The molecule has 1 N–H and O–H groups in total. The van der Waals surface area contributed by atoms with E-state index in [4.69, 9.17) is 0 Å². The monoisotopic (exact) mass is 188 g/mol. The summed E-state index contributed by atoms with van der Waals surface area (Å²) in [6.45, 7) is 2.00. The first-order chi connectivity index (χ1) is 6.79. The maximum atomic E-state index is 11.3. The van der Waals surface area contributed by atoms with Crippen molar-refractivity contribution in [2.45, 2.75) is 13.0 Å². The lowest BCUT2D eigenvalue weighted by Gasteiger charge is -2.11. The smallest absolute Gasteiger partial charge is 0.313 e. The molecule has 3 heteroatoms. The van der Waals surface area contributed by atoms with Gasteiger partial charge in [-0.3, -0.25) is 4.57 Å². The third kappa shape index (κ3) is 1.48. The fourth-order valence-corrected chi connectivity index (χ4v) is 1.53. The summed E-state index contributed by atoms with van der Waals surface area (Å²) in [5.41, 5.74) is 1.07. The van der Waals surface area contributed by atoms with E-state index in [1.54, 1.807) is 17.0 Å². The third-order valence-electron chi connectivity index (χ3n) is 2.38. The Bertz CT molecular complexity index is 455. The highest BCUT2D eigenvalue weighted by atomic mass is 16.1.